The highest BCUT2D eigenvalue weighted by Gasteiger charge is 2.33. The number of rotatable bonds is 5. The van der Waals surface area contributed by atoms with Crippen molar-refractivity contribution in [2.45, 2.75) is 51.3 Å². The van der Waals surface area contributed by atoms with E-state index < -0.39 is 0 Å². The van der Waals surface area contributed by atoms with Gasteiger partial charge in [0, 0.05) is 44.2 Å². The van der Waals surface area contributed by atoms with Crippen molar-refractivity contribution < 1.29 is 9.53 Å². The topological polar surface area (TPSA) is 77.6 Å². The number of carbonyl (C=O) groups is 1. The van der Waals surface area contributed by atoms with Crippen molar-refractivity contribution in [2.75, 3.05) is 6.54 Å². The van der Waals surface area contributed by atoms with Gasteiger partial charge in [0.2, 0.25) is 5.56 Å². The summed E-state index contributed by atoms with van der Waals surface area (Å²) in [5.41, 5.74) is 8.72. The van der Waals surface area contributed by atoms with E-state index in [0.29, 0.717) is 13.0 Å². The van der Waals surface area contributed by atoms with E-state index in [1.54, 1.807) is 22.6 Å². The van der Waals surface area contributed by atoms with Crippen molar-refractivity contribution in [2.24, 2.45) is 12.8 Å². The number of benzene rings is 2. The summed E-state index contributed by atoms with van der Waals surface area (Å²) in [4.78, 5) is 25.8. The molecule has 1 saturated heterocycles. The van der Waals surface area contributed by atoms with Crippen LogP contribution in [0.15, 0.2) is 83.8 Å². The Balaban J connectivity index is 0.000000469. The minimum atomic E-state index is -0.352. The molecule has 1 aliphatic rings. The van der Waals surface area contributed by atoms with Gasteiger partial charge in [-0.25, -0.2) is 4.79 Å². The van der Waals surface area contributed by atoms with Crippen LogP contribution in [0.4, 0.5) is 4.79 Å². The number of nitrogens with two attached hydrogens (primary N) is 1. The first-order valence-electron chi connectivity index (χ1n) is 11.7. The summed E-state index contributed by atoms with van der Waals surface area (Å²) < 4.78 is 7.17. The number of pyridine rings is 1. The molecule has 1 amide bonds. The lowest BCUT2D eigenvalue weighted by molar-refractivity contribution is 0.00329. The molecule has 3 aromatic rings. The van der Waals surface area contributed by atoms with Crippen molar-refractivity contribution in [1.29, 1.82) is 0 Å². The lowest BCUT2D eigenvalue weighted by atomic mass is 9.95. The smallest absolute Gasteiger partial charge is 0.410 e. The monoisotopic (exact) mass is 461 g/mol. The molecule has 2 atom stereocenters. The molecule has 1 aliphatic heterocycles. The first kappa shape index (κ1) is 25.2. The van der Waals surface area contributed by atoms with Gasteiger partial charge >= 0.3 is 6.09 Å². The number of aromatic nitrogens is 1. The molecule has 2 aromatic carbocycles. The summed E-state index contributed by atoms with van der Waals surface area (Å²) in [6.45, 7) is 6.56. The lowest BCUT2D eigenvalue weighted by Gasteiger charge is -2.37. The number of aryl methyl sites for hydroxylation is 1. The van der Waals surface area contributed by atoms with Gasteiger partial charge in [0.05, 0.1) is 6.04 Å². The Labute approximate surface area is 202 Å². The Morgan fingerprint density at radius 3 is 2.03 bits per heavy atom. The number of carbonyl (C=O) groups excluding carboxylic acids is 1. The quantitative estimate of drug-likeness (QED) is 0.571. The highest BCUT2D eigenvalue weighted by Crippen LogP contribution is 2.29. The fraction of sp³-hybridized carbons (Fsp3) is 0.357. The van der Waals surface area contributed by atoms with Gasteiger partial charge in [-0.05, 0) is 43.5 Å². The molecule has 6 nitrogen and oxygen atoms in total. The van der Waals surface area contributed by atoms with E-state index >= 15 is 0 Å². The number of amides is 1. The summed E-state index contributed by atoms with van der Waals surface area (Å²) in [7, 11) is 1.74. The predicted octanol–water partition coefficient (Wildman–Crippen LogP) is 5.14. The van der Waals surface area contributed by atoms with Crippen LogP contribution in [-0.2, 0) is 11.8 Å². The molecular formula is C28H35N3O3. The van der Waals surface area contributed by atoms with Crippen molar-refractivity contribution >= 4 is 6.09 Å². The van der Waals surface area contributed by atoms with Crippen LogP contribution in [0.5, 0.6) is 0 Å². The number of hydrogen-bond acceptors (Lipinski definition) is 4. The molecule has 0 spiro atoms. The van der Waals surface area contributed by atoms with Crippen LogP contribution in [-0.4, -0.2) is 33.7 Å². The number of cyclic esters (lactones) is 1. The summed E-state index contributed by atoms with van der Waals surface area (Å²) in [6.07, 6.45) is 2.86. The van der Waals surface area contributed by atoms with Crippen LogP contribution in [0, 0.1) is 0 Å². The number of ether oxygens (including phenoxy) is 1. The second-order valence-electron chi connectivity index (χ2n) is 9.50. The maximum absolute atomic E-state index is 12.5. The molecule has 180 valence electrons. The molecule has 1 aromatic heterocycles. The Kier molecular flexibility index (Phi) is 8.29. The lowest BCUT2D eigenvalue weighted by Crippen LogP contribution is -2.46. The van der Waals surface area contributed by atoms with E-state index in [2.05, 4.69) is 0 Å². The van der Waals surface area contributed by atoms with Crippen LogP contribution >= 0.6 is 0 Å². The molecule has 34 heavy (non-hydrogen) atoms. The minimum absolute atomic E-state index is 0.0334. The molecule has 2 unspecified atom stereocenters. The Hall–Kier alpha value is -3.38. The van der Waals surface area contributed by atoms with E-state index in [4.69, 9.17) is 10.5 Å². The highest BCUT2D eigenvalue weighted by atomic mass is 16.6. The van der Waals surface area contributed by atoms with Gasteiger partial charge in [0.1, 0.15) is 6.10 Å². The van der Waals surface area contributed by atoms with Crippen LogP contribution < -0.4 is 11.3 Å². The van der Waals surface area contributed by atoms with E-state index in [9.17, 15) is 9.59 Å². The summed E-state index contributed by atoms with van der Waals surface area (Å²) >= 11 is 0. The fourth-order valence-corrected chi connectivity index (χ4v) is 4.01. The Bertz CT molecular complexity index is 1090. The standard InChI is InChI=1S/C22H29N3O3.C6H6/c1-15(25-12-11-19(28-21(25)27)13-22(2,3)23)16-5-7-17(8-6-16)18-9-10-20(26)24(4)14-18;1-2-4-6-5-3-1/h5-10,14-15,19H,11-13,23H2,1-4H3;1-6H. The second kappa shape index (κ2) is 11.2. The predicted molar refractivity (Wildman–Crippen MR) is 136 cm³/mol. The van der Waals surface area contributed by atoms with Gasteiger partial charge in [-0.1, -0.05) is 60.7 Å². The van der Waals surface area contributed by atoms with Gasteiger partial charge in [-0.15, -0.1) is 0 Å². The molecular weight excluding hydrogens is 426 g/mol. The number of nitrogens with zero attached hydrogens (tertiary/aromatic N) is 2. The first-order chi connectivity index (χ1) is 16.1. The summed E-state index contributed by atoms with van der Waals surface area (Å²) in [5.74, 6) is 0. The minimum Gasteiger partial charge on any atom is -0.446 e. The zero-order valence-electron chi connectivity index (χ0n) is 20.5. The molecule has 0 bridgehead atoms. The molecule has 1 fully saturated rings. The van der Waals surface area contributed by atoms with Crippen molar-refractivity contribution in [1.82, 2.24) is 9.47 Å². The third-order valence-corrected chi connectivity index (χ3v) is 5.89. The Morgan fingerprint density at radius 1 is 0.971 bits per heavy atom. The van der Waals surface area contributed by atoms with E-state index in [1.165, 1.54) is 0 Å². The molecule has 0 radical (unpaired) electrons. The van der Waals surface area contributed by atoms with Crippen LogP contribution in [0.25, 0.3) is 11.1 Å². The largest absolute Gasteiger partial charge is 0.446 e. The van der Waals surface area contributed by atoms with Crippen molar-refractivity contribution in [3.8, 4) is 11.1 Å². The van der Waals surface area contributed by atoms with E-state index in [1.807, 2.05) is 93.7 Å². The van der Waals surface area contributed by atoms with Crippen molar-refractivity contribution in [3.63, 3.8) is 0 Å². The van der Waals surface area contributed by atoms with Crippen LogP contribution in [0.3, 0.4) is 0 Å². The van der Waals surface area contributed by atoms with E-state index in [-0.39, 0.29) is 29.3 Å². The average Bonchev–Trinajstić information content (AvgIpc) is 2.81. The fourth-order valence-electron chi connectivity index (χ4n) is 4.01. The maximum Gasteiger partial charge on any atom is 0.410 e. The van der Waals surface area contributed by atoms with Gasteiger partial charge in [0.25, 0.3) is 0 Å². The summed E-state index contributed by atoms with van der Waals surface area (Å²) in [5, 5.41) is 0. The Morgan fingerprint density at radius 2 is 1.53 bits per heavy atom. The maximum atomic E-state index is 12.5. The molecule has 2 heterocycles. The average molecular weight is 462 g/mol. The second-order valence-corrected chi connectivity index (χ2v) is 9.50. The zero-order chi connectivity index (χ0) is 24.7. The molecule has 6 heteroatoms. The third kappa shape index (κ3) is 7.06. The van der Waals surface area contributed by atoms with E-state index in [0.717, 1.165) is 23.1 Å². The molecule has 0 aliphatic carbocycles. The van der Waals surface area contributed by atoms with Crippen LogP contribution in [0.1, 0.15) is 45.2 Å². The summed E-state index contributed by atoms with van der Waals surface area (Å²) in [6, 6.07) is 23.4. The van der Waals surface area contributed by atoms with Gasteiger partial charge in [0.15, 0.2) is 0 Å². The van der Waals surface area contributed by atoms with Crippen LogP contribution in [0.2, 0.25) is 0 Å². The first-order valence-corrected chi connectivity index (χ1v) is 11.7. The van der Waals surface area contributed by atoms with Gasteiger partial charge in [-0.3, -0.25) is 4.79 Å². The van der Waals surface area contributed by atoms with Gasteiger partial charge in [-0.2, -0.15) is 0 Å². The third-order valence-electron chi connectivity index (χ3n) is 5.89. The normalized spacial score (nSPS) is 16.8. The zero-order valence-corrected chi connectivity index (χ0v) is 20.5. The van der Waals surface area contributed by atoms with Gasteiger partial charge < -0.3 is 19.9 Å². The molecule has 0 saturated carbocycles. The van der Waals surface area contributed by atoms with Crippen molar-refractivity contribution in [3.05, 3.63) is 94.9 Å². The molecule has 2 N–H and O–H groups in total. The molecule has 4 rings (SSSR count). The SMILES string of the molecule is CC(c1ccc(-c2ccc(=O)n(C)c2)cc1)N1CCC(CC(C)(C)N)OC1=O.c1ccccc1. The number of hydrogen-bond donors (Lipinski definition) is 1. The highest BCUT2D eigenvalue weighted by molar-refractivity contribution is 5.69.